The summed E-state index contributed by atoms with van der Waals surface area (Å²) in [7, 11) is 1.92. The van der Waals surface area contributed by atoms with E-state index in [-0.39, 0.29) is 5.56 Å². The Kier molecular flexibility index (Phi) is 6.44. The number of hydrogen-bond acceptors (Lipinski definition) is 3. The van der Waals surface area contributed by atoms with Crippen LogP contribution in [0.2, 0.25) is 0 Å². The van der Waals surface area contributed by atoms with Gasteiger partial charge in [0.05, 0.1) is 23.2 Å². The van der Waals surface area contributed by atoms with E-state index in [1.165, 1.54) is 6.07 Å². The van der Waals surface area contributed by atoms with E-state index in [2.05, 4.69) is 4.99 Å². The zero-order chi connectivity index (χ0) is 19.3. The Morgan fingerprint density at radius 1 is 1.15 bits per heavy atom. The van der Waals surface area contributed by atoms with Crippen LogP contribution in [0.4, 0.5) is 14.5 Å². The van der Waals surface area contributed by atoms with E-state index in [1.54, 1.807) is 25.4 Å². The van der Waals surface area contributed by atoms with Crippen LogP contribution in [0.5, 0.6) is 0 Å². The highest BCUT2D eigenvalue weighted by Crippen LogP contribution is 2.25. The van der Waals surface area contributed by atoms with Crippen LogP contribution < -0.4 is 0 Å². The standard InChI is InChI=1S/C20H22F2N2O2/c1-5-24(4)12-23-19-10-9-15(13(2)14(19)3)20(25)26-11-16-17(21)7-6-8-18(16)22/h6-10,12H,5,11H2,1-4H3/b23-12+. The highest BCUT2D eigenvalue weighted by molar-refractivity contribution is 5.92. The maximum atomic E-state index is 13.6. The number of rotatable bonds is 6. The smallest absolute Gasteiger partial charge is 0.338 e. The normalized spacial score (nSPS) is 11.0. The summed E-state index contributed by atoms with van der Waals surface area (Å²) in [5.41, 5.74) is 2.40. The number of nitrogens with zero attached hydrogens (tertiary/aromatic N) is 2. The fraction of sp³-hybridized carbons (Fsp3) is 0.300. The molecule has 2 rings (SSSR count). The lowest BCUT2D eigenvalue weighted by Gasteiger charge is -2.13. The summed E-state index contributed by atoms with van der Waals surface area (Å²) in [5.74, 6) is -2.11. The lowest BCUT2D eigenvalue weighted by Crippen LogP contribution is -2.14. The lowest BCUT2D eigenvalue weighted by molar-refractivity contribution is 0.0464. The van der Waals surface area contributed by atoms with Crippen molar-refractivity contribution >= 4 is 18.0 Å². The predicted molar refractivity (Wildman–Crippen MR) is 97.8 cm³/mol. The van der Waals surface area contributed by atoms with Gasteiger partial charge in [0.1, 0.15) is 18.2 Å². The van der Waals surface area contributed by atoms with Gasteiger partial charge >= 0.3 is 5.97 Å². The van der Waals surface area contributed by atoms with Crippen molar-refractivity contribution in [3.05, 3.63) is 64.2 Å². The maximum absolute atomic E-state index is 13.6. The van der Waals surface area contributed by atoms with E-state index in [0.717, 1.165) is 35.5 Å². The Hall–Kier alpha value is -2.76. The number of aliphatic imine (C=N–C) groups is 1. The van der Waals surface area contributed by atoms with Crippen LogP contribution in [0.25, 0.3) is 0 Å². The Balaban J connectivity index is 2.17. The molecule has 6 heteroatoms. The van der Waals surface area contributed by atoms with Gasteiger partial charge < -0.3 is 9.64 Å². The second kappa shape index (κ2) is 8.56. The van der Waals surface area contributed by atoms with Gasteiger partial charge in [0.15, 0.2) is 0 Å². The molecule has 2 aromatic rings. The van der Waals surface area contributed by atoms with Gasteiger partial charge in [0, 0.05) is 13.6 Å². The van der Waals surface area contributed by atoms with Crippen LogP contribution in [0.1, 0.15) is 34.0 Å². The molecule has 2 aromatic carbocycles. The third kappa shape index (κ3) is 4.45. The topological polar surface area (TPSA) is 41.9 Å². The van der Waals surface area contributed by atoms with Crippen molar-refractivity contribution < 1.29 is 18.3 Å². The molecule has 0 aromatic heterocycles. The average Bonchev–Trinajstić information content (AvgIpc) is 2.62. The first-order valence-electron chi connectivity index (χ1n) is 8.29. The first kappa shape index (κ1) is 19.6. The van der Waals surface area contributed by atoms with Crippen molar-refractivity contribution in [1.82, 2.24) is 4.90 Å². The van der Waals surface area contributed by atoms with Crippen molar-refractivity contribution in [2.45, 2.75) is 27.4 Å². The number of carbonyl (C=O) groups excluding carboxylic acids is 1. The summed E-state index contributed by atoms with van der Waals surface area (Å²) < 4.78 is 32.4. The fourth-order valence-corrected chi connectivity index (χ4v) is 2.30. The van der Waals surface area contributed by atoms with Gasteiger partial charge in [-0.15, -0.1) is 0 Å². The summed E-state index contributed by atoms with van der Waals surface area (Å²) in [5, 5.41) is 0. The van der Waals surface area contributed by atoms with E-state index in [4.69, 9.17) is 4.74 Å². The SMILES string of the molecule is CCN(C)/C=N/c1ccc(C(=O)OCc2c(F)cccc2F)c(C)c1C. The van der Waals surface area contributed by atoms with Gasteiger partial charge in [-0.1, -0.05) is 6.07 Å². The molecule has 0 aliphatic rings. The second-order valence-corrected chi connectivity index (χ2v) is 5.98. The fourth-order valence-electron chi connectivity index (χ4n) is 2.30. The van der Waals surface area contributed by atoms with Crippen molar-refractivity contribution in [1.29, 1.82) is 0 Å². The number of hydrogen-bond donors (Lipinski definition) is 0. The highest BCUT2D eigenvalue weighted by atomic mass is 19.1. The van der Waals surface area contributed by atoms with E-state index in [9.17, 15) is 13.6 Å². The van der Waals surface area contributed by atoms with Crippen molar-refractivity contribution in [3.63, 3.8) is 0 Å². The highest BCUT2D eigenvalue weighted by Gasteiger charge is 2.16. The van der Waals surface area contributed by atoms with Crippen LogP contribution in [0.15, 0.2) is 35.3 Å². The molecule has 0 unspecified atom stereocenters. The first-order chi connectivity index (χ1) is 12.3. The number of carbonyl (C=O) groups is 1. The molecule has 0 N–H and O–H groups in total. The van der Waals surface area contributed by atoms with Crippen LogP contribution in [-0.4, -0.2) is 30.8 Å². The summed E-state index contributed by atoms with van der Waals surface area (Å²) >= 11 is 0. The zero-order valence-electron chi connectivity index (χ0n) is 15.3. The quantitative estimate of drug-likeness (QED) is 0.431. The van der Waals surface area contributed by atoms with Gasteiger partial charge in [-0.3, -0.25) is 0 Å². The third-order valence-corrected chi connectivity index (χ3v) is 4.28. The Morgan fingerprint density at radius 2 is 1.81 bits per heavy atom. The predicted octanol–water partition coefficient (Wildman–Crippen LogP) is 4.55. The molecule has 0 amide bonds. The van der Waals surface area contributed by atoms with Crippen LogP contribution in [0.3, 0.4) is 0 Å². The molecule has 0 atom stereocenters. The monoisotopic (exact) mass is 360 g/mol. The minimum atomic E-state index is -0.740. The van der Waals surface area contributed by atoms with E-state index < -0.39 is 24.2 Å². The molecule has 26 heavy (non-hydrogen) atoms. The Bertz CT molecular complexity index is 815. The molecule has 0 saturated carbocycles. The van der Waals surface area contributed by atoms with Gasteiger partial charge in [0.2, 0.25) is 0 Å². The number of ether oxygens (including phenoxy) is 1. The van der Waals surface area contributed by atoms with Gasteiger partial charge in [-0.2, -0.15) is 0 Å². The molecule has 0 aliphatic heterocycles. The summed E-state index contributed by atoms with van der Waals surface area (Å²) in [6.45, 7) is 6.04. The molecule has 0 radical (unpaired) electrons. The minimum Gasteiger partial charge on any atom is -0.457 e. The first-order valence-corrected chi connectivity index (χ1v) is 8.29. The number of benzene rings is 2. The molecule has 0 aliphatic carbocycles. The largest absolute Gasteiger partial charge is 0.457 e. The average molecular weight is 360 g/mol. The zero-order valence-corrected chi connectivity index (χ0v) is 15.3. The molecule has 0 bridgehead atoms. The number of halogens is 2. The molecular formula is C20H22F2N2O2. The molecule has 0 spiro atoms. The maximum Gasteiger partial charge on any atom is 0.338 e. The minimum absolute atomic E-state index is 0.265. The summed E-state index contributed by atoms with van der Waals surface area (Å²) in [6, 6.07) is 6.85. The van der Waals surface area contributed by atoms with Crippen LogP contribution in [-0.2, 0) is 11.3 Å². The molecule has 138 valence electrons. The summed E-state index contributed by atoms with van der Waals surface area (Å²) in [6.07, 6.45) is 1.72. The summed E-state index contributed by atoms with van der Waals surface area (Å²) in [4.78, 5) is 18.7. The van der Waals surface area contributed by atoms with E-state index in [1.807, 2.05) is 25.8 Å². The molecular weight excluding hydrogens is 338 g/mol. The Morgan fingerprint density at radius 3 is 2.42 bits per heavy atom. The van der Waals surface area contributed by atoms with Crippen LogP contribution >= 0.6 is 0 Å². The van der Waals surface area contributed by atoms with Crippen molar-refractivity contribution in [3.8, 4) is 0 Å². The third-order valence-electron chi connectivity index (χ3n) is 4.28. The molecule has 0 fully saturated rings. The van der Waals surface area contributed by atoms with Crippen molar-refractivity contribution in [2.24, 2.45) is 4.99 Å². The van der Waals surface area contributed by atoms with Gasteiger partial charge in [-0.05, 0) is 56.2 Å². The molecule has 0 saturated heterocycles. The lowest BCUT2D eigenvalue weighted by atomic mass is 10.0. The number of esters is 1. The van der Waals surface area contributed by atoms with Crippen LogP contribution in [0, 0.1) is 25.5 Å². The second-order valence-electron chi connectivity index (χ2n) is 5.98. The molecule has 0 heterocycles. The molecule has 4 nitrogen and oxygen atoms in total. The van der Waals surface area contributed by atoms with Gasteiger partial charge in [0.25, 0.3) is 0 Å². The van der Waals surface area contributed by atoms with E-state index >= 15 is 0 Å². The van der Waals surface area contributed by atoms with Crippen molar-refractivity contribution in [2.75, 3.05) is 13.6 Å². The van der Waals surface area contributed by atoms with Gasteiger partial charge in [-0.25, -0.2) is 18.6 Å². The Labute approximate surface area is 152 Å². The van der Waals surface area contributed by atoms with E-state index in [0.29, 0.717) is 5.56 Å².